The molecule has 0 aliphatic heterocycles. The minimum atomic E-state index is 0.873. The second-order valence-electron chi connectivity index (χ2n) is 4.38. The lowest BCUT2D eigenvalue weighted by atomic mass is 10.0. The van der Waals surface area contributed by atoms with Crippen molar-refractivity contribution in [3.8, 4) is 11.1 Å². The molecule has 0 amide bonds. The van der Waals surface area contributed by atoms with Crippen LogP contribution in [0, 0.1) is 6.92 Å². The van der Waals surface area contributed by atoms with Gasteiger partial charge in [0.1, 0.15) is 4.60 Å². The Morgan fingerprint density at radius 1 is 0.944 bits per heavy atom. The highest BCUT2D eigenvalue weighted by Crippen LogP contribution is 2.30. The summed E-state index contributed by atoms with van der Waals surface area (Å²) >= 11 is 3.49. The summed E-state index contributed by atoms with van der Waals surface area (Å²) in [6.45, 7) is 2.11. The van der Waals surface area contributed by atoms with Crippen molar-refractivity contribution in [1.29, 1.82) is 0 Å². The summed E-state index contributed by atoms with van der Waals surface area (Å²) in [5.41, 5.74) is 4.71. The van der Waals surface area contributed by atoms with Crippen LogP contribution in [0.2, 0.25) is 0 Å². The Morgan fingerprint density at radius 3 is 2.50 bits per heavy atom. The number of halogens is 1. The lowest BCUT2D eigenvalue weighted by molar-refractivity contribution is 1.34. The fourth-order valence-electron chi connectivity index (χ4n) is 2.16. The average Bonchev–Trinajstić information content (AvgIpc) is 2.39. The topological polar surface area (TPSA) is 12.9 Å². The van der Waals surface area contributed by atoms with E-state index in [0.717, 1.165) is 10.1 Å². The largest absolute Gasteiger partial charge is 0.241 e. The molecule has 0 aliphatic rings. The van der Waals surface area contributed by atoms with E-state index in [-0.39, 0.29) is 0 Å². The van der Waals surface area contributed by atoms with Gasteiger partial charge in [0.05, 0.1) is 5.52 Å². The molecule has 0 aliphatic carbocycles. The number of hydrogen-bond acceptors (Lipinski definition) is 1. The summed E-state index contributed by atoms with van der Waals surface area (Å²) in [5, 5.41) is 1.20. The summed E-state index contributed by atoms with van der Waals surface area (Å²) < 4.78 is 0.873. The molecule has 0 saturated carbocycles. The number of aromatic nitrogens is 1. The first-order valence-electron chi connectivity index (χ1n) is 5.86. The molecule has 0 unspecified atom stereocenters. The Kier molecular flexibility index (Phi) is 2.88. The maximum absolute atomic E-state index is 4.52. The van der Waals surface area contributed by atoms with Gasteiger partial charge < -0.3 is 0 Å². The molecule has 1 heterocycles. The first kappa shape index (κ1) is 11.4. The predicted molar refractivity (Wildman–Crippen MR) is 79.6 cm³/mol. The molecule has 0 atom stereocenters. The van der Waals surface area contributed by atoms with Crippen molar-refractivity contribution < 1.29 is 0 Å². The number of benzene rings is 2. The standard InChI is InChI=1S/C16H12BrN/c1-11-7-8-15-14(9-11)13(10-16(17)18-15)12-5-3-2-4-6-12/h2-10H,1H3. The van der Waals surface area contributed by atoms with Crippen LogP contribution in [0.15, 0.2) is 59.2 Å². The number of hydrogen-bond donors (Lipinski definition) is 0. The zero-order chi connectivity index (χ0) is 12.5. The molecular formula is C16H12BrN. The van der Waals surface area contributed by atoms with Crippen molar-refractivity contribution >= 4 is 26.8 Å². The van der Waals surface area contributed by atoms with Gasteiger partial charge in [0, 0.05) is 5.39 Å². The Bertz CT molecular complexity index is 705. The van der Waals surface area contributed by atoms with Gasteiger partial charge in [0.2, 0.25) is 0 Å². The van der Waals surface area contributed by atoms with Crippen LogP contribution in [-0.2, 0) is 0 Å². The summed E-state index contributed by atoms with van der Waals surface area (Å²) in [7, 11) is 0. The highest BCUT2D eigenvalue weighted by molar-refractivity contribution is 9.10. The lowest BCUT2D eigenvalue weighted by Crippen LogP contribution is -1.87. The second-order valence-corrected chi connectivity index (χ2v) is 5.19. The molecule has 18 heavy (non-hydrogen) atoms. The average molecular weight is 298 g/mol. The highest BCUT2D eigenvalue weighted by atomic mass is 79.9. The van der Waals surface area contributed by atoms with Crippen LogP contribution in [0.3, 0.4) is 0 Å². The molecule has 0 spiro atoms. The van der Waals surface area contributed by atoms with E-state index < -0.39 is 0 Å². The minimum absolute atomic E-state index is 0.873. The van der Waals surface area contributed by atoms with E-state index in [2.05, 4.69) is 76.4 Å². The monoisotopic (exact) mass is 297 g/mol. The maximum atomic E-state index is 4.52. The lowest BCUT2D eigenvalue weighted by Gasteiger charge is -2.08. The Labute approximate surface area is 115 Å². The van der Waals surface area contributed by atoms with Crippen LogP contribution < -0.4 is 0 Å². The molecular weight excluding hydrogens is 286 g/mol. The number of aryl methyl sites for hydroxylation is 1. The van der Waals surface area contributed by atoms with E-state index in [1.54, 1.807) is 0 Å². The van der Waals surface area contributed by atoms with Gasteiger partial charge in [-0.15, -0.1) is 0 Å². The van der Waals surface area contributed by atoms with Crippen LogP contribution in [0.25, 0.3) is 22.0 Å². The van der Waals surface area contributed by atoms with E-state index >= 15 is 0 Å². The second kappa shape index (κ2) is 4.54. The zero-order valence-electron chi connectivity index (χ0n) is 10.0. The molecule has 3 aromatic rings. The smallest absolute Gasteiger partial charge is 0.107 e. The summed E-state index contributed by atoms with van der Waals surface area (Å²) in [6, 6.07) is 18.9. The molecule has 2 heteroatoms. The molecule has 0 bridgehead atoms. The van der Waals surface area contributed by atoms with Gasteiger partial charge in [-0.25, -0.2) is 4.98 Å². The van der Waals surface area contributed by atoms with Crippen molar-refractivity contribution in [3.05, 3.63) is 64.8 Å². The van der Waals surface area contributed by atoms with Crippen LogP contribution in [0.1, 0.15) is 5.56 Å². The third-order valence-corrected chi connectivity index (χ3v) is 3.42. The van der Waals surface area contributed by atoms with Crippen molar-refractivity contribution in [2.75, 3.05) is 0 Å². The van der Waals surface area contributed by atoms with E-state index in [9.17, 15) is 0 Å². The molecule has 1 nitrogen and oxygen atoms in total. The van der Waals surface area contributed by atoms with E-state index in [0.29, 0.717) is 0 Å². The normalized spacial score (nSPS) is 10.8. The van der Waals surface area contributed by atoms with Gasteiger partial charge in [-0.1, -0.05) is 42.0 Å². The van der Waals surface area contributed by atoms with Gasteiger partial charge in [0.25, 0.3) is 0 Å². The number of rotatable bonds is 1. The van der Waals surface area contributed by atoms with Gasteiger partial charge in [-0.05, 0) is 52.2 Å². The number of pyridine rings is 1. The zero-order valence-corrected chi connectivity index (χ0v) is 11.6. The Balaban J connectivity index is 2.37. The maximum Gasteiger partial charge on any atom is 0.107 e. The van der Waals surface area contributed by atoms with E-state index in [1.807, 2.05) is 6.07 Å². The van der Waals surface area contributed by atoms with E-state index in [1.165, 1.54) is 22.1 Å². The van der Waals surface area contributed by atoms with Gasteiger partial charge >= 0.3 is 0 Å². The third kappa shape index (κ3) is 2.04. The number of fused-ring (bicyclic) bond motifs is 1. The number of nitrogens with zero attached hydrogens (tertiary/aromatic N) is 1. The third-order valence-electron chi connectivity index (χ3n) is 3.02. The molecule has 0 radical (unpaired) electrons. The molecule has 0 saturated heterocycles. The first-order valence-corrected chi connectivity index (χ1v) is 6.66. The fourth-order valence-corrected chi connectivity index (χ4v) is 2.58. The van der Waals surface area contributed by atoms with Crippen LogP contribution >= 0.6 is 15.9 Å². The van der Waals surface area contributed by atoms with Crippen molar-refractivity contribution in [2.24, 2.45) is 0 Å². The van der Waals surface area contributed by atoms with E-state index in [4.69, 9.17) is 0 Å². The first-order chi connectivity index (χ1) is 8.74. The molecule has 0 N–H and O–H groups in total. The summed E-state index contributed by atoms with van der Waals surface area (Å²) in [5.74, 6) is 0. The molecule has 3 rings (SSSR count). The quantitative estimate of drug-likeness (QED) is 0.578. The molecule has 0 fully saturated rings. The van der Waals surface area contributed by atoms with Crippen molar-refractivity contribution in [1.82, 2.24) is 4.98 Å². The van der Waals surface area contributed by atoms with Gasteiger partial charge in [-0.2, -0.15) is 0 Å². The molecule has 88 valence electrons. The Morgan fingerprint density at radius 2 is 1.72 bits per heavy atom. The molecule has 2 aromatic carbocycles. The van der Waals surface area contributed by atoms with Crippen molar-refractivity contribution in [2.45, 2.75) is 6.92 Å². The van der Waals surface area contributed by atoms with Crippen LogP contribution in [0.4, 0.5) is 0 Å². The van der Waals surface area contributed by atoms with Crippen LogP contribution in [-0.4, -0.2) is 4.98 Å². The van der Waals surface area contributed by atoms with Gasteiger partial charge in [0.15, 0.2) is 0 Å². The minimum Gasteiger partial charge on any atom is -0.241 e. The highest BCUT2D eigenvalue weighted by Gasteiger charge is 2.06. The fraction of sp³-hybridized carbons (Fsp3) is 0.0625. The molecule has 1 aromatic heterocycles. The van der Waals surface area contributed by atoms with Gasteiger partial charge in [-0.3, -0.25) is 0 Å². The van der Waals surface area contributed by atoms with Crippen molar-refractivity contribution in [3.63, 3.8) is 0 Å². The Hall–Kier alpha value is -1.67. The van der Waals surface area contributed by atoms with Crippen LogP contribution in [0.5, 0.6) is 0 Å². The summed E-state index contributed by atoms with van der Waals surface area (Å²) in [6.07, 6.45) is 0. The summed E-state index contributed by atoms with van der Waals surface area (Å²) in [4.78, 5) is 4.52. The predicted octanol–water partition coefficient (Wildman–Crippen LogP) is 4.97. The SMILES string of the molecule is Cc1ccc2nc(Br)cc(-c3ccccc3)c2c1.